The molecule has 19 heavy (non-hydrogen) atoms. The molecule has 1 aromatic rings. The van der Waals surface area contributed by atoms with E-state index in [4.69, 9.17) is 0 Å². The standard InChI is InChI=1S/C17H25NO/c1-3-4-5-6-7-11-18-12-10-16-13-15(14(2)19)8-9-17(16)18/h8-9,13H,3-7,10-12H2,1-2H3. The molecular weight excluding hydrogens is 234 g/mol. The molecule has 0 saturated carbocycles. The fourth-order valence-electron chi connectivity index (χ4n) is 2.83. The summed E-state index contributed by atoms with van der Waals surface area (Å²) in [5.41, 5.74) is 3.55. The van der Waals surface area contributed by atoms with Crippen molar-refractivity contribution < 1.29 is 4.79 Å². The zero-order valence-electron chi connectivity index (χ0n) is 12.2. The van der Waals surface area contributed by atoms with Crippen LogP contribution in [-0.2, 0) is 6.42 Å². The number of benzene rings is 1. The summed E-state index contributed by atoms with van der Waals surface area (Å²) in [5.74, 6) is 0.167. The van der Waals surface area contributed by atoms with Crippen LogP contribution in [0.2, 0.25) is 0 Å². The zero-order valence-corrected chi connectivity index (χ0v) is 12.2. The normalized spacial score (nSPS) is 13.7. The molecule has 1 heterocycles. The molecule has 1 aromatic carbocycles. The number of carbonyl (C=O) groups excluding carboxylic acids is 1. The van der Waals surface area contributed by atoms with Crippen LogP contribution in [0.3, 0.4) is 0 Å². The SMILES string of the molecule is CCCCCCCN1CCc2cc(C(C)=O)ccc21. The summed E-state index contributed by atoms with van der Waals surface area (Å²) in [6, 6.07) is 6.18. The minimum atomic E-state index is 0.167. The number of carbonyl (C=O) groups is 1. The lowest BCUT2D eigenvalue weighted by atomic mass is 10.1. The molecule has 0 aromatic heterocycles. The van der Waals surface area contributed by atoms with Crippen molar-refractivity contribution in [3.05, 3.63) is 29.3 Å². The minimum Gasteiger partial charge on any atom is -0.371 e. The highest BCUT2D eigenvalue weighted by atomic mass is 16.1. The van der Waals surface area contributed by atoms with Crippen LogP contribution in [0.4, 0.5) is 5.69 Å². The highest BCUT2D eigenvalue weighted by Crippen LogP contribution is 2.29. The van der Waals surface area contributed by atoms with E-state index >= 15 is 0 Å². The van der Waals surface area contributed by atoms with Crippen molar-refractivity contribution in [2.75, 3.05) is 18.0 Å². The summed E-state index contributed by atoms with van der Waals surface area (Å²) in [6.45, 7) is 6.17. The number of hydrogen-bond acceptors (Lipinski definition) is 2. The number of unbranched alkanes of at least 4 members (excludes halogenated alkanes) is 4. The number of Topliss-reactive ketones (excluding diaryl/α,β-unsaturated/α-hetero) is 1. The monoisotopic (exact) mass is 259 g/mol. The Labute approximate surface area is 116 Å². The zero-order chi connectivity index (χ0) is 13.7. The summed E-state index contributed by atoms with van der Waals surface area (Å²) in [4.78, 5) is 13.9. The first-order valence-electron chi connectivity index (χ1n) is 7.61. The first kappa shape index (κ1) is 14.1. The summed E-state index contributed by atoms with van der Waals surface area (Å²) >= 11 is 0. The van der Waals surface area contributed by atoms with Gasteiger partial charge in [-0.1, -0.05) is 32.6 Å². The summed E-state index contributed by atoms with van der Waals surface area (Å²) in [7, 11) is 0. The molecule has 0 radical (unpaired) electrons. The van der Waals surface area contributed by atoms with Gasteiger partial charge in [-0.3, -0.25) is 4.79 Å². The topological polar surface area (TPSA) is 20.3 Å². The molecule has 0 fully saturated rings. The van der Waals surface area contributed by atoms with E-state index in [1.807, 2.05) is 6.07 Å². The Kier molecular flexibility index (Phi) is 5.00. The summed E-state index contributed by atoms with van der Waals surface area (Å²) in [5, 5.41) is 0. The maximum absolute atomic E-state index is 11.4. The summed E-state index contributed by atoms with van der Waals surface area (Å²) in [6.07, 6.45) is 7.74. The second-order valence-electron chi connectivity index (χ2n) is 5.55. The molecule has 0 spiro atoms. The largest absolute Gasteiger partial charge is 0.371 e. The Hall–Kier alpha value is -1.31. The second kappa shape index (κ2) is 6.74. The van der Waals surface area contributed by atoms with E-state index in [2.05, 4.69) is 24.0 Å². The number of hydrogen-bond donors (Lipinski definition) is 0. The molecule has 0 atom stereocenters. The Morgan fingerprint density at radius 3 is 2.74 bits per heavy atom. The predicted molar refractivity (Wildman–Crippen MR) is 81.1 cm³/mol. The first-order chi connectivity index (χ1) is 9.22. The van der Waals surface area contributed by atoms with E-state index in [1.165, 1.54) is 43.4 Å². The average Bonchev–Trinajstić information content (AvgIpc) is 2.81. The van der Waals surface area contributed by atoms with Gasteiger partial charge in [-0.15, -0.1) is 0 Å². The van der Waals surface area contributed by atoms with Crippen molar-refractivity contribution >= 4 is 11.5 Å². The van der Waals surface area contributed by atoms with Crippen LogP contribution in [0.15, 0.2) is 18.2 Å². The van der Waals surface area contributed by atoms with Crippen LogP contribution in [0.25, 0.3) is 0 Å². The molecule has 2 heteroatoms. The maximum Gasteiger partial charge on any atom is 0.159 e. The van der Waals surface area contributed by atoms with Crippen molar-refractivity contribution in [3.63, 3.8) is 0 Å². The first-order valence-corrected chi connectivity index (χ1v) is 7.61. The van der Waals surface area contributed by atoms with Gasteiger partial charge in [0, 0.05) is 24.3 Å². The lowest BCUT2D eigenvalue weighted by Crippen LogP contribution is -2.21. The quantitative estimate of drug-likeness (QED) is 0.539. The third kappa shape index (κ3) is 3.59. The van der Waals surface area contributed by atoms with E-state index in [1.54, 1.807) is 6.92 Å². The van der Waals surface area contributed by atoms with Gasteiger partial charge in [-0.2, -0.15) is 0 Å². The van der Waals surface area contributed by atoms with Crippen LogP contribution in [0.5, 0.6) is 0 Å². The third-order valence-corrected chi connectivity index (χ3v) is 4.01. The number of anilines is 1. The molecule has 1 aliphatic rings. The summed E-state index contributed by atoms with van der Waals surface area (Å²) < 4.78 is 0. The Balaban J connectivity index is 1.89. The molecule has 0 aliphatic carbocycles. The smallest absolute Gasteiger partial charge is 0.159 e. The van der Waals surface area contributed by atoms with Gasteiger partial charge in [-0.25, -0.2) is 0 Å². The molecule has 0 amide bonds. The van der Waals surface area contributed by atoms with Gasteiger partial charge in [0.1, 0.15) is 0 Å². The van der Waals surface area contributed by atoms with Crippen LogP contribution in [0.1, 0.15) is 61.9 Å². The molecule has 2 nitrogen and oxygen atoms in total. The predicted octanol–water partition coefficient (Wildman–Crippen LogP) is 4.22. The second-order valence-corrected chi connectivity index (χ2v) is 5.55. The van der Waals surface area contributed by atoms with Crippen LogP contribution < -0.4 is 4.90 Å². The van der Waals surface area contributed by atoms with Crippen molar-refractivity contribution in [1.82, 2.24) is 0 Å². The van der Waals surface area contributed by atoms with Gasteiger partial charge >= 0.3 is 0 Å². The van der Waals surface area contributed by atoms with Gasteiger partial charge in [0.2, 0.25) is 0 Å². The Morgan fingerprint density at radius 2 is 2.00 bits per heavy atom. The lowest BCUT2D eigenvalue weighted by Gasteiger charge is -2.19. The van der Waals surface area contributed by atoms with Crippen molar-refractivity contribution in [2.45, 2.75) is 52.4 Å². The molecule has 1 aliphatic heterocycles. The van der Waals surface area contributed by atoms with Gasteiger partial charge in [0.25, 0.3) is 0 Å². The van der Waals surface area contributed by atoms with Crippen LogP contribution in [-0.4, -0.2) is 18.9 Å². The number of fused-ring (bicyclic) bond motifs is 1. The highest BCUT2D eigenvalue weighted by Gasteiger charge is 2.19. The molecule has 0 unspecified atom stereocenters. The van der Waals surface area contributed by atoms with Crippen molar-refractivity contribution in [3.8, 4) is 0 Å². The van der Waals surface area contributed by atoms with Gasteiger partial charge < -0.3 is 4.90 Å². The average molecular weight is 259 g/mol. The molecule has 0 saturated heterocycles. The fourth-order valence-corrected chi connectivity index (χ4v) is 2.83. The van der Waals surface area contributed by atoms with E-state index in [-0.39, 0.29) is 5.78 Å². The highest BCUT2D eigenvalue weighted by molar-refractivity contribution is 5.94. The lowest BCUT2D eigenvalue weighted by molar-refractivity contribution is 0.101. The van der Waals surface area contributed by atoms with Gasteiger partial charge in [0.05, 0.1) is 0 Å². The molecule has 2 rings (SSSR count). The molecule has 0 N–H and O–H groups in total. The Bertz CT molecular complexity index is 439. The van der Waals surface area contributed by atoms with E-state index in [0.717, 1.165) is 25.1 Å². The van der Waals surface area contributed by atoms with Crippen molar-refractivity contribution in [2.24, 2.45) is 0 Å². The van der Waals surface area contributed by atoms with E-state index in [9.17, 15) is 4.79 Å². The fraction of sp³-hybridized carbons (Fsp3) is 0.588. The Morgan fingerprint density at radius 1 is 1.21 bits per heavy atom. The molecule has 0 bridgehead atoms. The number of ketones is 1. The van der Waals surface area contributed by atoms with Crippen LogP contribution in [0, 0.1) is 0 Å². The number of nitrogens with zero attached hydrogens (tertiary/aromatic N) is 1. The third-order valence-electron chi connectivity index (χ3n) is 4.01. The van der Waals surface area contributed by atoms with Gasteiger partial charge in [0.15, 0.2) is 5.78 Å². The minimum absolute atomic E-state index is 0.167. The van der Waals surface area contributed by atoms with Crippen molar-refractivity contribution in [1.29, 1.82) is 0 Å². The maximum atomic E-state index is 11.4. The van der Waals surface area contributed by atoms with Gasteiger partial charge in [-0.05, 0) is 43.5 Å². The van der Waals surface area contributed by atoms with E-state index in [0.29, 0.717) is 0 Å². The molecular formula is C17H25NO. The molecule has 104 valence electrons. The number of rotatable bonds is 7. The van der Waals surface area contributed by atoms with Crippen LogP contribution >= 0.6 is 0 Å². The van der Waals surface area contributed by atoms with E-state index < -0.39 is 0 Å².